The third kappa shape index (κ3) is 7.53. The third-order valence-electron chi connectivity index (χ3n) is 5.07. The van der Waals surface area contributed by atoms with Crippen molar-refractivity contribution in [3.05, 3.63) is 0 Å². The standard InChI is InChI=1S/C20H42O3/c1-5-9-13-19(22,14-10-6-2)20(15-11-7-3,16-12-8-4)23-18-17-21/h21-22H,5-18H2,1-4H3. The van der Waals surface area contributed by atoms with Crippen molar-refractivity contribution >= 4 is 0 Å². The highest BCUT2D eigenvalue weighted by Gasteiger charge is 2.49. The molecule has 0 aromatic rings. The van der Waals surface area contributed by atoms with Gasteiger partial charge in [-0.15, -0.1) is 0 Å². The second-order valence-electron chi connectivity index (χ2n) is 7.01. The Hall–Kier alpha value is -0.120. The van der Waals surface area contributed by atoms with E-state index in [0.717, 1.165) is 77.0 Å². The van der Waals surface area contributed by atoms with Gasteiger partial charge < -0.3 is 14.9 Å². The van der Waals surface area contributed by atoms with Crippen molar-refractivity contribution in [2.24, 2.45) is 0 Å². The van der Waals surface area contributed by atoms with E-state index in [-0.39, 0.29) is 6.61 Å². The lowest BCUT2D eigenvalue weighted by molar-refractivity contribution is -0.204. The molecule has 0 spiro atoms. The number of aliphatic hydroxyl groups is 2. The average molecular weight is 331 g/mol. The lowest BCUT2D eigenvalue weighted by Crippen LogP contribution is -2.56. The van der Waals surface area contributed by atoms with Crippen LogP contribution in [0.5, 0.6) is 0 Å². The van der Waals surface area contributed by atoms with Gasteiger partial charge in [0, 0.05) is 0 Å². The van der Waals surface area contributed by atoms with E-state index in [2.05, 4.69) is 27.7 Å². The lowest BCUT2D eigenvalue weighted by Gasteiger charge is -2.48. The number of unbranched alkanes of at least 4 members (excludes halogenated alkanes) is 4. The van der Waals surface area contributed by atoms with E-state index in [1.54, 1.807) is 0 Å². The molecule has 0 amide bonds. The van der Waals surface area contributed by atoms with Crippen LogP contribution in [-0.4, -0.2) is 34.6 Å². The summed E-state index contributed by atoms with van der Waals surface area (Å²) in [6, 6.07) is 0. The van der Waals surface area contributed by atoms with Crippen molar-refractivity contribution in [3.8, 4) is 0 Å². The SMILES string of the molecule is CCCCC(O)(CCCC)C(CCCC)(CCCC)OCCO. The van der Waals surface area contributed by atoms with E-state index in [9.17, 15) is 10.2 Å². The highest BCUT2D eigenvalue weighted by Crippen LogP contribution is 2.42. The van der Waals surface area contributed by atoms with Crippen LogP contribution < -0.4 is 0 Å². The van der Waals surface area contributed by atoms with Gasteiger partial charge in [0.2, 0.25) is 0 Å². The van der Waals surface area contributed by atoms with Crippen LogP contribution >= 0.6 is 0 Å². The van der Waals surface area contributed by atoms with Crippen molar-refractivity contribution in [1.82, 2.24) is 0 Å². The van der Waals surface area contributed by atoms with E-state index in [4.69, 9.17) is 4.74 Å². The van der Waals surface area contributed by atoms with Crippen LogP contribution in [0.2, 0.25) is 0 Å². The van der Waals surface area contributed by atoms with E-state index >= 15 is 0 Å². The van der Waals surface area contributed by atoms with Gasteiger partial charge in [0.15, 0.2) is 0 Å². The Balaban J connectivity index is 5.49. The molecule has 0 unspecified atom stereocenters. The summed E-state index contributed by atoms with van der Waals surface area (Å²) in [4.78, 5) is 0. The molecule has 0 aliphatic carbocycles. The summed E-state index contributed by atoms with van der Waals surface area (Å²) in [6.07, 6.45) is 12.0. The minimum atomic E-state index is -0.765. The second-order valence-corrected chi connectivity index (χ2v) is 7.01. The zero-order valence-electron chi connectivity index (χ0n) is 16.2. The van der Waals surface area contributed by atoms with Gasteiger partial charge in [0.05, 0.1) is 24.4 Å². The zero-order valence-corrected chi connectivity index (χ0v) is 16.2. The second kappa shape index (κ2) is 13.2. The van der Waals surface area contributed by atoms with Crippen molar-refractivity contribution in [2.75, 3.05) is 13.2 Å². The Bertz CT molecular complexity index is 236. The van der Waals surface area contributed by atoms with Gasteiger partial charge in [-0.25, -0.2) is 0 Å². The Morgan fingerprint density at radius 3 is 1.43 bits per heavy atom. The number of aliphatic hydroxyl groups excluding tert-OH is 1. The van der Waals surface area contributed by atoms with E-state index in [1.807, 2.05) is 0 Å². The Kier molecular flexibility index (Phi) is 13.1. The monoisotopic (exact) mass is 330 g/mol. The van der Waals surface area contributed by atoms with Crippen LogP contribution in [0.3, 0.4) is 0 Å². The van der Waals surface area contributed by atoms with Gasteiger partial charge in [-0.3, -0.25) is 0 Å². The largest absolute Gasteiger partial charge is 0.394 e. The molecule has 0 radical (unpaired) electrons. The summed E-state index contributed by atoms with van der Waals surface area (Å²) >= 11 is 0. The minimum Gasteiger partial charge on any atom is -0.394 e. The highest BCUT2D eigenvalue weighted by atomic mass is 16.5. The topological polar surface area (TPSA) is 49.7 Å². The molecule has 0 aromatic heterocycles. The third-order valence-corrected chi connectivity index (χ3v) is 5.07. The molecule has 0 heterocycles. The van der Waals surface area contributed by atoms with Gasteiger partial charge in [-0.1, -0.05) is 79.1 Å². The molecule has 0 aliphatic heterocycles. The van der Waals surface area contributed by atoms with Crippen molar-refractivity contribution in [1.29, 1.82) is 0 Å². The molecule has 0 aromatic carbocycles. The molecule has 3 heteroatoms. The fourth-order valence-corrected chi connectivity index (χ4v) is 3.55. The molecule has 2 N–H and O–H groups in total. The van der Waals surface area contributed by atoms with E-state index in [0.29, 0.717) is 6.61 Å². The van der Waals surface area contributed by atoms with Crippen molar-refractivity contribution < 1.29 is 14.9 Å². The van der Waals surface area contributed by atoms with Crippen LogP contribution in [0.15, 0.2) is 0 Å². The summed E-state index contributed by atoms with van der Waals surface area (Å²) < 4.78 is 6.24. The molecular weight excluding hydrogens is 288 g/mol. The molecule has 0 saturated heterocycles. The molecule has 0 bridgehead atoms. The maximum Gasteiger partial charge on any atom is 0.0969 e. The summed E-state index contributed by atoms with van der Waals surface area (Å²) in [7, 11) is 0. The summed E-state index contributed by atoms with van der Waals surface area (Å²) in [5, 5.41) is 20.9. The van der Waals surface area contributed by atoms with E-state index < -0.39 is 11.2 Å². The van der Waals surface area contributed by atoms with Crippen molar-refractivity contribution in [2.45, 2.75) is 116 Å². The first-order valence-corrected chi connectivity index (χ1v) is 10.0. The van der Waals surface area contributed by atoms with Crippen LogP contribution in [0, 0.1) is 0 Å². The van der Waals surface area contributed by atoms with Crippen LogP contribution in [0.1, 0.15) is 105 Å². The maximum absolute atomic E-state index is 11.7. The first-order chi connectivity index (χ1) is 11.1. The number of hydrogen-bond donors (Lipinski definition) is 2. The predicted octanol–water partition coefficient (Wildman–Crippen LogP) is 5.23. The summed E-state index contributed by atoms with van der Waals surface area (Å²) in [6.45, 7) is 9.08. The Morgan fingerprint density at radius 2 is 1.09 bits per heavy atom. The lowest BCUT2D eigenvalue weighted by atomic mass is 9.70. The van der Waals surface area contributed by atoms with Gasteiger partial charge in [0.1, 0.15) is 0 Å². The minimum absolute atomic E-state index is 0.0254. The zero-order chi connectivity index (χ0) is 17.6. The van der Waals surface area contributed by atoms with Gasteiger partial charge in [-0.05, 0) is 25.7 Å². The number of hydrogen-bond acceptors (Lipinski definition) is 3. The average Bonchev–Trinajstić information content (AvgIpc) is 2.57. The number of ether oxygens (including phenoxy) is 1. The first-order valence-electron chi connectivity index (χ1n) is 10.0. The smallest absolute Gasteiger partial charge is 0.0969 e. The van der Waals surface area contributed by atoms with Crippen LogP contribution in [0.25, 0.3) is 0 Å². The van der Waals surface area contributed by atoms with Crippen molar-refractivity contribution in [3.63, 3.8) is 0 Å². The molecule has 140 valence electrons. The van der Waals surface area contributed by atoms with Gasteiger partial charge in [-0.2, -0.15) is 0 Å². The fourth-order valence-electron chi connectivity index (χ4n) is 3.55. The molecule has 0 fully saturated rings. The van der Waals surface area contributed by atoms with Crippen LogP contribution in [0.4, 0.5) is 0 Å². The van der Waals surface area contributed by atoms with Gasteiger partial charge >= 0.3 is 0 Å². The highest BCUT2D eigenvalue weighted by molar-refractivity contribution is 5.01. The molecule has 0 aliphatic rings. The molecule has 3 nitrogen and oxygen atoms in total. The quantitative estimate of drug-likeness (QED) is 0.407. The van der Waals surface area contributed by atoms with E-state index in [1.165, 1.54) is 0 Å². The molecule has 0 atom stereocenters. The molecular formula is C20H42O3. The predicted molar refractivity (Wildman–Crippen MR) is 98.8 cm³/mol. The first kappa shape index (κ1) is 22.9. The molecule has 0 rings (SSSR count). The number of rotatable bonds is 16. The Labute approximate surface area is 144 Å². The van der Waals surface area contributed by atoms with Gasteiger partial charge in [0.25, 0.3) is 0 Å². The summed E-state index contributed by atoms with van der Waals surface area (Å²) in [5.74, 6) is 0. The van der Waals surface area contributed by atoms with Crippen LogP contribution in [-0.2, 0) is 4.74 Å². The molecule has 23 heavy (non-hydrogen) atoms. The Morgan fingerprint density at radius 1 is 0.696 bits per heavy atom. The summed E-state index contributed by atoms with van der Waals surface area (Å²) in [5.41, 5.74) is -1.26. The molecule has 0 saturated carbocycles. The maximum atomic E-state index is 11.7. The fraction of sp³-hybridized carbons (Fsp3) is 1.00. The normalized spacial score (nSPS) is 12.8.